The summed E-state index contributed by atoms with van der Waals surface area (Å²) >= 11 is 0. The van der Waals surface area contributed by atoms with Crippen molar-refractivity contribution in [1.82, 2.24) is 15.2 Å². The number of amides is 1. The van der Waals surface area contributed by atoms with E-state index in [4.69, 9.17) is 14.6 Å². The third-order valence-electron chi connectivity index (χ3n) is 6.18. The van der Waals surface area contributed by atoms with E-state index >= 15 is 0 Å². The van der Waals surface area contributed by atoms with E-state index in [9.17, 15) is 4.79 Å². The van der Waals surface area contributed by atoms with Crippen LogP contribution in [-0.4, -0.2) is 53.4 Å². The van der Waals surface area contributed by atoms with E-state index in [1.807, 2.05) is 6.07 Å². The van der Waals surface area contributed by atoms with Crippen LogP contribution in [-0.2, 0) is 22.5 Å². The first-order valence-corrected chi connectivity index (χ1v) is 10.5. The van der Waals surface area contributed by atoms with Crippen molar-refractivity contribution in [3.8, 4) is 0 Å². The molecule has 2 fully saturated rings. The van der Waals surface area contributed by atoms with Crippen LogP contribution >= 0.6 is 0 Å². The van der Waals surface area contributed by atoms with Gasteiger partial charge in [-0.2, -0.15) is 0 Å². The normalized spacial score (nSPS) is 25.9. The highest BCUT2D eigenvalue weighted by molar-refractivity contribution is 6.08. The fraction of sp³-hybridized carbons (Fsp3) is 0.545. The molecule has 7 nitrogen and oxygen atoms in total. The third-order valence-corrected chi connectivity index (χ3v) is 6.18. The van der Waals surface area contributed by atoms with E-state index in [0.29, 0.717) is 12.1 Å². The zero-order valence-corrected chi connectivity index (χ0v) is 16.6. The number of ether oxygens (including phenoxy) is 1. The Kier molecular flexibility index (Phi) is 6.16. The Morgan fingerprint density at radius 2 is 1.90 bits per heavy atom. The monoisotopic (exact) mass is 399 g/mol. The van der Waals surface area contributed by atoms with Gasteiger partial charge in [-0.3, -0.25) is 9.59 Å². The van der Waals surface area contributed by atoms with Crippen LogP contribution in [0.25, 0.3) is 10.9 Å². The summed E-state index contributed by atoms with van der Waals surface area (Å²) < 4.78 is 8.02. The molecule has 2 bridgehead atoms. The van der Waals surface area contributed by atoms with Gasteiger partial charge in [0.2, 0.25) is 0 Å². The number of rotatable bonds is 2. The second kappa shape index (κ2) is 8.97. The lowest BCUT2D eigenvalue weighted by Crippen LogP contribution is -2.58. The molecule has 0 aliphatic carbocycles. The molecule has 3 N–H and O–H groups in total. The Balaban J connectivity index is 0.000000645. The minimum absolute atomic E-state index is 0.114. The van der Waals surface area contributed by atoms with Gasteiger partial charge in [0.1, 0.15) is 0 Å². The van der Waals surface area contributed by atoms with Gasteiger partial charge < -0.3 is 25.0 Å². The van der Waals surface area contributed by atoms with Crippen LogP contribution in [0.4, 0.5) is 0 Å². The molecule has 1 aromatic heterocycles. The standard InChI is InChI=1S/C21H27N3O2.CH2O2/c25-21(23-14-10-15-12-26-13-16(11-14)22-15)20-17-6-3-4-7-18(17)24-9-5-1-2-8-19(20)24;2-1-3/h3-4,6-7,14-16,22H,1-2,5,8-13H2,(H,23,25);1H,(H,2,3). The molecule has 29 heavy (non-hydrogen) atoms. The van der Waals surface area contributed by atoms with E-state index in [1.165, 1.54) is 30.5 Å². The van der Waals surface area contributed by atoms with Gasteiger partial charge in [-0.1, -0.05) is 24.6 Å². The van der Waals surface area contributed by atoms with Crippen LogP contribution in [0.5, 0.6) is 0 Å². The lowest BCUT2D eigenvalue weighted by molar-refractivity contribution is -0.122. The van der Waals surface area contributed by atoms with Crippen LogP contribution in [0.15, 0.2) is 24.3 Å². The average Bonchev–Trinajstić information content (AvgIpc) is 2.84. The molecule has 0 saturated carbocycles. The number of nitrogens with zero attached hydrogens (tertiary/aromatic N) is 1. The number of nitrogens with one attached hydrogen (secondary N) is 2. The maximum atomic E-state index is 13.3. The zero-order chi connectivity index (χ0) is 20.2. The zero-order valence-electron chi connectivity index (χ0n) is 16.6. The predicted octanol–water partition coefficient (Wildman–Crippen LogP) is 2.32. The number of piperidine rings is 1. The van der Waals surface area contributed by atoms with Crippen molar-refractivity contribution in [2.75, 3.05) is 13.2 Å². The minimum atomic E-state index is -0.250. The first kappa shape index (κ1) is 19.9. The summed E-state index contributed by atoms with van der Waals surface area (Å²) in [5.74, 6) is 0.114. The van der Waals surface area contributed by atoms with E-state index in [1.54, 1.807) is 0 Å². The number of carbonyl (C=O) groups is 2. The summed E-state index contributed by atoms with van der Waals surface area (Å²) in [6.07, 6.45) is 6.53. The van der Waals surface area contributed by atoms with Crippen molar-refractivity contribution in [3.63, 3.8) is 0 Å². The predicted molar refractivity (Wildman–Crippen MR) is 110 cm³/mol. The van der Waals surface area contributed by atoms with E-state index in [0.717, 1.165) is 50.0 Å². The maximum Gasteiger partial charge on any atom is 0.290 e. The minimum Gasteiger partial charge on any atom is -0.483 e. The first-order valence-electron chi connectivity index (χ1n) is 10.5. The van der Waals surface area contributed by atoms with E-state index < -0.39 is 0 Å². The second-order valence-corrected chi connectivity index (χ2v) is 8.15. The lowest BCUT2D eigenvalue weighted by Gasteiger charge is -2.40. The van der Waals surface area contributed by atoms with Crippen LogP contribution in [0.1, 0.15) is 48.2 Å². The van der Waals surface area contributed by atoms with Crippen molar-refractivity contribution < 1.29 is 19.4 Å². The molecular weight excluding hydrogens is 370 g/mol. The number of para-hydroxylation sites is 1. The van der Waals surface area contributed by atoms with Gasteiger partial charge in [0.15, 0.2) is 0 Å². The van der Waals surface area contributed by atoms with Gasteiger partial charge in [-0.05, 0) is 38.2 Å². The maximum absolute atomic E-state index is 13.3. The number of hydrogen-bond acceptors (Lipinski definition) is 4. The number of benzene rings is 1. The number of hydrogen-bond donors (Lipinski definition) is 3. The molecule has 0 radical (unpaired) electrons. The molecule has 2 atom stereocenters. The third kappa shape index (κ3) is 4.16. The van der Waals surface area contributed by atoms with Gasteiger partial charge in [0.25, 0.3) is 12.4 Å². The second-order valence-electron chi connectivity index (χ2n) is 8.15. The smallest absolute Gasteiger partial charge is 0.290 e. The highest BCUT2D eigenvalue weighted by Gasteiger charge is 2.33. The van der Waals surface area contributed by atoms with Crippen LogP contribution in [0, 0.1) is 0 Å². The van der Waals surface area contributed by atoms with Crippen molar-refractivity contribution in [1.29, 1.82) is 0 Å². The van der Waals surface area contributed by atoms with Gasteiger partial charge >= 0.3 is 0 Å². The summed E-state index contributed by atoms with van der Waals surface area (Å²) in [6, 6.07) is 9.38. The SMILES string of the molecule is O=C(NC1CC2COCC(C1)N2)c1c2n(c3ccccc13)CCCCC2.O=CO. The molecule has 2 unspecified atom stereocenters. The molecule has 2 aromatic rings. The number of morpholine rings is 1. The lowest BCUT2D eigenvalue weighted by atomic mass is 9.92. The van der Waals surface area contributed by atoms with Crippen LogP contribution in [0.2, 0.25) is 0 Å². The van der Waals surface area contributed by atoms with Crippen molar-refractivity contribution in [3.05, 3.63) is 35.5 Å². The summed E-state index contributed by atoms with van der Waals surface area (Å²) in [7, 11) is 0. The highest BCUT2D eigenvalue weighted by Crippen LogP contribution is 2.30. The van der Waals surface area contributed by atoms with E-state index in [2.05, 4.69) is 33.4 Å². The quantitative estimate of drug-likeness (QED) is 0.674. The Labute approximate surface area is 170 Å². The Bertz CT molecular complexity index is 866. The van der Waals surface area contributed by atoms with Crippen molar-refractivity contribution in [2.24, 2.45) is 0 Å². The molecule has 0 spiro atoms. The summed E-state index contributed by atoms with van der Waals surface area (Å²) in [6.45, 7) is 2.29. The van der Waals surface area contributed by atoms with Crippen LogP contribution in [0.3, 0.4) is 0 Å². The van der Waals surface area contributed by atoms with Gasteiger partial charge in [-0.25, -0.2) is 0 Å². The number of aromatic nitrogens is 1. The number of carbonyl (C=O) groups excluding carboxylic acids is 1. The molecule has 156 valence electrons. The molecule has 1 amide bonds. The van der Waals surface area contributed by atoms with Crippen LogP contribution < -0.4 is 10.6 Å². The Morgan fingerprint density at radius 1 is 1.17 bits per heavy atom. The molecule has 3 aliphatic heterocycles. The van der Waals surface area contributed by atoms with Gasteiger partial charge in [0, 0.05) is 41.3 Å². The number of aryl methyl sites for hydroxylation is 1. The molecule has 3 aliphatic rings. The highest BCUT2D eigenvalue weighted by atomic mass is 16.5. The van der Waals surface area contributed by atoms with Crippen molar-refractivity contribution >= 4 is 23.3 Å². The molecule has 1 aromatic carbocycles. The number of carboxylic acid groups (broad SMARTS) is 1. The summed E-state index contributed by atoms with van der Waals surface area (Å²) in [4.78, 5) is 21.7. The fourth-order valence-electron chi connectivity index (χ4n) is 5.08. The van der Waals surface area contributed by atoms with E-state index in [-0.39, 0.29) is 18.4 Å². The van der Waals surface area contributed by atoms with Gasteiger partial charge in [-0.15, -0.1) is 0 Å². The first-order chi connectivity index (χ1) is 14.2. The summed E-state index contributed by atoms with van der Waals surface area (Å²) in [5.41, 5.74) is 3.37. The largest absolute Gasteiger partial charge is 0.483 e. The molecular formula is C22H29N3O4. The molecule has 7 heteroatoms. The molecule has 2 saturated heterocycles. The Hall–Kier alpha value is -2.38. The number of fused-ring (bicyclic) bond motifs is 5. The van der Waals surface area contributed by atoms with Gasteiger partial charge in [0.05, 0.1) is 18.8 Å². The van der Waals surface area contributed by atoms with Crippen molar-refractivity contribution in [2.45, 2.75) is 63.2 Å². The fourth-order valence-corrected chi connectivity index (χ4v) is 5.08. The average molecular weight is 399 g/mol. The Morgan fingerprint density at radius 3 is 2.66 bits per heavy atom. The summed E-state index contributed by atoms with van der Waals surface area (Å²) in [5, 5.41) is 15.0. The molecule has 5 rings (SSSR count). The topological polar surface area (TPSA) is 92.6 Å². The molecule has 4 heterocycles.